The third-order valence-corrected chi connectivity index (χ3v) is 2.91. The van der Waals surface area contributed by atoms with Crippen LogP contribution in [0.1, 0.15) is 11.6 Å². The molecule has 0 bridgehead atoms. The molecule has 17 heavy (non-hydrogen) atoms. The number of aliphatic imine (C=N–C) groups is 1. The van der Waals surface area contributed by atoms with Crippen LogP contribution in [-0.4, -0.2) is 23.9 Å². The fourth-order valence-electron chi connectivity index (χ4n) is 1.94. The Hall–Kier alpha value is -1.55. The van der Waals surface area contributed by atoms with Gasteiger partial charge in [-0.15, -0.1) is 6.58 Å². The molecule has 1 unspecified atom stereocenters. The van der Waals surface area contributed by atoms with Crippen molar-refractivity contribution in [2.45, 2.75) is 6.04 Å². The summed E-state index contributed by atoms with van der Waals surface area (Å²) in [5.41, 5.74) is 6.55. The van der Waals surface area contributed by atoms with Gasteiger partial charge in [0.25, 0.3) is 0 Å². The molecule has 1 aromatic rings. The van der Waals surface area contributed by atoms with Crippen LogP contribution in [0.5, 0.6) is 0 Å². The van der Waals surface area contributed by atoms with E-state index in [4.69, 9.17) is 17.3 Å². The molecule has 0 fully saturated rings. The van der Waals surface area contributed by atoms with E-state index in [2.05, 4.69) is 11.6 Å². The molecule has 0 saturated carbocycles. The van der Waals surface area contributed by atoms with Crippen LogP contribution in [0.25, 0.3) is 0 Å². The van der Waals surface area contributed by atoms with Gasteiger partial charge in [-0.2, -0.15) is 0 Å². The molecule has 1 atom stereocenters. The molecule has 5 heteroatoms. The number of hydrogen-bond acceptors (Lipinski definition) is 3. The quantitative estimate of drug-likeness (QED) is 0.840. The Morgan fingerprint density at radius 3 is 3.00 bits per heavy atom. The summed E-state index contributed by atoms with van der Waals surface area (Å²) < 4.78 is 13.3. The van der Waals surface area contributed by atoms with Gasteiger partial charge < -0.3 is 10.6 Å². The van der Waals surface area contributed by atoms with Crippen molar-refractivity contribution < 1.29 is 4.39 Å². The van der Waals surface area contributed by atoms with Gasteiger partial charge in [0.15, 0.2) is 5.96 Å². The lowest BCUT2D eigenvalue weighted by Gasteiger charge is -2.25. The highest BCUT2D eigenvalue weighted by atomic mass is 35.5. The Kier molecular flexibility index (Phi) is 3.33. The summed E-state index contributed by atoms with van der Waals surface area (Å²) in [6.07, 6.45) is 1.74. The number of nitrogens with zero attached hydrogens (tertiary/aromatic N) is 2. The Morgan fingerprint density at radius 2 is 2.35 bits per heavy atom. The minimum atomic E-state index is -0.350. The summed E-state index contributed by atoms with van der Waals surface area (Å²) in [6, 6.07) is 4.41. The summed E-state index contributed by atoms with van der Waals surface area (Å²) in [4.78, 5) is 6.03. The van der Waals surface area contributed by atoms with E-state index in [0.717, 1.165) is 5.56 Å². The maximum Gasteiger partial charge on any atom is 0.192 e. The van der Waals surface area contributed by atoms with Gasteiger partial charge in [0.05, 0.1) is 12.6 Å². The average Bonchev–Trinajstić information content (AvgIpc) is 2.60. The van der Waals surface area contributed by atoms with Crippen LogP contribution in [0.4, 0.5) is 4.39 Å². The SMILES string of the molecule is C=CCN1C(N)=NCC1c1cc(F)cc(Cl)c1. The topological polar surface area (TPSA) is 41.6 Å². The molecular weight excluding hydrogens is 241 g/mol. The van der Waals surface area contributed by atoms with Crippen molar-refractivity contribution in [3.63, 3.8) is 0 Å². The van der Waals surface area contributed by atoms with E-state index in [1.807, 2.05) is 4.90 Å². The Labute approximate surface area is 104 Å². The molecule has 1 heterocycles. The highest BCUT2D eigenvalue weighted by molar-refractivity contribution is 6.30. The van der Waals surface area contributed by atoms with E-state index >= 15 is 0 Å². The average molecular weight is 254 g/mol. The van der Waals surface area contributed by atoms with Gasteiger partial charge >= 0.3 is 0 Å². The summed E-state index contributed by atoms with van der Waals surface area (Å²) in [6.45, 7) is 4.76. The lowest BCUT2D eigenvalue weighted by atomic mass is 10.1. The predicted octanol–water partition coefficient (Wildman–Crippen LogP) is 2.34. The van der Waals surface area contributed by atoms with Crippen LogP contribution in [-0.2, 0) is 0 Å². The molecule has 1 aliphatic heterocycles. The number of guanidine groups is 1. The maximum atomic E-state index is 13.3. The standard InChI is InChI=1S/C12H13ClFN3/c1-2-3-17-11(7-16-12(17)15)8-4-9(13)6-10(14)5-8/h2,4-6,11H,1,3,7H2,(H2,15,16). The van der Waals surface area contributed by atoms with Gasteiger partial charge in [0, 0.05) is 11.6 Å². The third kappa shape index (κ3) is 2.42. The number of hydrogen-bond donors (Lipinski definition) is 1. The van der Waals surface area contributed by atoms with Crippen LogP contribution in [0.15, 0.2) is 35.8 Å². The molecule has 0 aliphatic carbocycles. The molecule has 0 amide bonds. The van der Waals surface area contributed by atoms with E-state index in [9.17, 15) is 4.39 Å². The predicted molar refractivity (Wildman–Crippen MR) is 67.5 cm³/mol. The summed E-state index contributed by atoms with van der Waals surface area (Å²) in [5.74, 6) is 0.104. The van der Waals surface area contributed by atoms with E-state index < -0.39 is 0 Å². The Balaban J connectivity index is 2.30. The second-order valence-electron chi connectivity index (χ2n) is 3.86. The monoisotopic (exact) mass is 253 g/mol. The number of benzene rings is 1. The molecule has 0 spiro atoms. The van der Waals surface area contributed by atoms with Crippen molar-refractivity contribution in [2.24, 2.45) is 10.7 Å². The normalized spacial score (nSPS) is 19.3. The number of rotatable bonds is 3. The molecule has 0 saturated heterocycles. The van der Waals surface area contributed by atoms with Crippen LogP contribution < -0.4 is 5.73 Å². The minimum absolute atomic E-state index is 0.0683. The van der Waals surface area contributed by atoms with Gasteiger partial charge in [0.1, 0.15) is 5.82 Å². The first-order valence-electron chi connectivity index (χ1n) is 5.25. The third-order valence-electron chi connectivity index (χ3n) is 2.69. The van der Waals surface area contributed by atoms with Gasteiger partial charge in [0.2, 0.25) is 0 Å². The molecule has 3 nitrogen and oxygen atoms in total. The van der Waals surface area contributed by atoms with Crippen molar-refractivity contribution in [2.75, 3.05) is 13.1 Å². The molecule has 0 radical (unpaired) electrons. The molecule has 1 aromatic carbocycles. The first-order chi connectivity index (χ1) is 8.11. The van der Waals surface area contributed by atoms with Crippen molar-refractivity contribution in [1.29, 1.82) is 0 Å². The van der Waals surface area contributed by atoms with E-state index in [1.54, 1.807) is 12.1 Å². The van der Waals surface area contributed by atoms with Crippen molar-refractivity contribution in [1.82, 2.24) is 4.90 Å². The highest BCUT2D eigenvalue weighted by Crippen LogP contribution is 2.28. The fourth-order valence-corrected chi connectivity index (χ4v) is 2.17. The zero-order valence-corrected chi connectivity index (χ0v) is 9.99. The lowest BCUT2D eigenvalue weighted by molar-refractivity contribution is 0.379. The molecule has 2 rings (SSSR count). The second kappa shape index (κ2) is 4.75. The largest absolute Gasteiger partial charge is 0.370 e. The Morgan fingerprint density at radius 1 is 1.59 bits per heavy atom. The first-order valence-corrected chi connectivity index (χ1v) is 5.63. The van der Waals surface area contributed by atoms with Crippen LogP contribution in [0.2, 0.25) is 5.02 Å². The molecule has 1 aliphatic rings. The van der Waals surface area contributed by atoms with E-state index in [-0.39, 0.29) is 11.9 Å². The number of nitrogens with two attached hydrogens (primary N) is 1. The van der Waals surface area contributed by atoms with Crippen LogP contribution >= 0.6 is 11.6 Å². The molecular formula is C12H13ClFN3. The summed E-state index contributed by atoms with van der Waals surface area (Å²) >= 11 is 5.84. The smallest absolute Gasteiger partial charge is 0.192 e. The van der Waals surface area contributed by atoms with Gasteiger partial charge in [-0.25, -0.2) is 4.39 Å². The maximum absolute atomic E-state index is 13.3. The van der Waals surface area contributed by atoms with Gasteiger partial charge in [-0.3, -0.25) is 4.99 Å². The van der Waals surface area contributed by atoms with Crippen LogP contribution in [0.3, 0.4) is 0 Å². The number of halogens is 2. The van der Waals surface area contributed by atoms with Gasteiger partial charge in [-0.1, -0.05) is 17.7 Å². The summed E-state index contributed by atoms with van der Waals surface area (Å²) in [5, 5.41) is 0.379. The zero-order valence-electron chi connectivity index (χ0n) is 9.24. The van der Waals surface area contributed by atoms with Gasteiger partial charge in [-0.05, 0) is 23.8 Å². The van der Waals surface area contributed by atoms with Crippen molar-refractivity contribution in [3.8, 4) is 0 Å². The molecule has 2 N–H and O–H groups in total. The lowest BCUT2D eigenvalue weighted by Crippen LogP contribution is -2.36. The fraction of sp³-hybridized carbons (Fsp3) is 0.250. The van der Waals surface area contributed by atoms with Crippen molar-refractivity contribution in [3.05, 3.63) is 47.3 Å². The minimum Gasteiger partial charge on any atom is -0.370 e. The van der Waals surface area contributed by atoms with E-state index in [0.29, 0.717) is 24.1 Å². The van der Waals surface area contributed by atoms with Crippen LogP contribution in [0, 0.1) is 5.82 Å². The Bertz CT molecular complexity index is 453. The van der Waals surface area contributed by atoms with Crippen molar-refractivity contribution >= 4 is 17.6 Å². The molecule has 0 aromatic heterocycles. The summed E-state index contributed by atoms with van der Waals surface area (Å²) in [7, 11) is 0. The second-order valence-corrected chi connectivity index (χ2v) is 4.29. The zero-order chi connectivity index (χ0) is 12.4. The molecule has 90 valence electrons. The first kappa shape index (κ1) is 11.9. The highest BCUT2D eigenvalue weighted by Gasteiger charge is 2.26. The van der Waals surface area contributed by atoms with E-state index in [1.165, 1.54) is 12.1 Å².